The summed E-state index contributed by atoms with van der Waals surface area (Å²) in [5.41, 5.74) is 0. The fraction of sp³-hybridized carbons (Fsp3) is 1.00. The fourth-order valence-corrected chi connectivity index (χ4v) is 2.52. The zero-order valence-electron chi connectivity index (χ0n) is 10.4. The molecular weight excluding hydrogens is 210 g/mol. The molecule has 0 saturated heterocycles. The topological polar surface area (TPSA) is 46.2 Å². The van der Waals surface area contributed by atoms with Crippen molar-refractivity contribution in [1.82, 2.24) is 5.32 Å². The van der Waals surface area contributed by atoms with Crippen molar-refractivity contribution in [3.63, 3.8) is 0 Å². The van der Waals surface area contributed by atoms with E-state index in [1.165, 1.54) is 0 Å². The van der Waals surface area contributed by atoms with E-state index < -0.39 is 9.84 Å². The molecule has 0 bridgehead atoms. The minimum atomic E-state index is -2.83. The van der Waals surface area contributed by atoms with Crippen LogP contribution in [0.15, 0.2) is 0 Å². The van der Waals surface area contributed by atoms with Crippen molar-refractivity contribution in [3.05, 3.63) is 0 Å². The van der Waals surface area contributed by atoms with Gasteiger partial charge < -0.3 is 5.32 Å². The monoisotopic (exact) mass is 235 g/mol. The highest BCUT2D eigenvalue weighted by Crippen LogP contribution is 2.07. The van der Waals surface area contributed by atoms with Gasteiger partial charge in [-0.05, 0) is 40.2 Å². The Kier molecular flexibility index (Phi) is 7.18. The summed E-state index contributed by atoms with van der Waals surface area (Å²) in [5, 5.41) is 3.08. The molecule has 0 saturated carbocycles. The van der Waals surface area contributed by atoms with Crippen LogP contribution in [0.4, 0.5) is 0 Å². The van der Waals surface area contributed by atoms with Gasteiger partial charge in [0.2, 0.25) is 0 Å². The van der Waals surface area contributed by atoms with Gasteiger partial charge in [-0.1, -0.05) is 13.3 Å². The Balaban J connectivity index is 3.63. The van der Waals surface area contributed by atoms with Gasteiger partial charge in [-0.25, -0.2) is 8.42 Å². The number of nitrogens with one attached hydrogen (secondary N) is 1. The van der Waals surface area contributed by atoms with E-state index in [0.29, 0.717) is 11.8 Å². The third-order valence-corrected chi connectivity index (χ3v) is 4.88. The Bertz CT molecular complexity index is 247. The molecule has 0 radical (unpaired) electrons. The lowest BCUT2D eigenvalue weighted by Gasteiger charge is -2.12. The highest BCUT2D eigenvalue weighted by molar-refractivity contribution is 7.91. The molecule has 0 heterocycles. The van der Waals surface area contributed by atoms with Gasteiger partial charge in [0.25, 0.3) is 0 Å². The molecular formula is C11H25NO2S. The quantitative estimate of drug-likeness (QED) is 0.654. The molecule has 1 N–H and O–H groups in total. The second-order valence-corrected chi connectivity index (χ2v) is 7.05. The number of unbranched alkanes of at least 4 members (excludes halogenated alkanes) is 1. The Hall–Kier alpha value is -0.0900. The number of hydrogen-bond donors (Lipinski definition) is 1. The zero-order valence-corrected chi connectivity index (χ0v) is 11.2. The molecule has 0 fully saturated rings. The van der Waals surface area contributed by atoms with Crippen LogP contribution in [0.2, 0.25) is 0 Å². The number of sulfone groups is 1. The van der Waals surface area contributed by atoms with Gasteiger partial charge in [0.1, 0.15) is 0 Å². The van der Waals surface area contributed by atoms with Crippen LogP contribution in [0.3, 0.4) is 0 Å². The van der Waals surface area contributed by atoms with Gasteiger partial charge in [0, 0.05) is 6.04 Å². The molecule has 0 aromatic rings. The van der Waals surface area contributed by atoms with Crippen LogP contribution in [0.5, 0.6) is 0 Å². The van der Waals surface area contributed by atoms with Crippen LogP contribution >= 0.6 is 0 Å². The van der Waals surface area contributed by atoms with E-state index >= 15 is 0 Å². The maximum absolute atomic E-state index is 11.5. The number of rotatable bonds is 8. The SMILES string of the molecule is CCNC(C)CCCCS(=O)(=O)C(C)C. The fourth-order valence-electron chi connectivity index (χ4n) is 1.44. The lowest BCUT2D eigenvalue weighted by atomic mass is 10.1. The minimum Gasteiger partial charge on any atom is -0.315 e. The predicted octanol–water partition coefficient (Wildman–Crippen LogP) is 1.98. The molecule has 0 amide bonds. The zero-order chi connectivity index (χ0) is 11.9. The van der Waals surface area contributed by atoms with E-state index in [4.69, 9.17) is 0 Å². The maximum atomic E-state index is 11.5. The minimum absolute atomic E-state index is 0.233. The molecule has 1 unspecified atom stereocenters. The first kappa shape index (κ1) is 14.9. The first-order valence-electron chi connectivity index (χ1n) is 5.85. The highest BCUT2D eigenvalue weighted by Gasteiger charge is 2.15. The molecule has 4 heteroatoms. The Morgan fingerprint density at radius 3 is 2.20 bits per heavy atom. The molecule has 0 aromatic heterocycles. The lowest BCUT2D eigenvalue weighted by Crippen LogP contribution is -2.25. The van der Waals surface area contributed by atoms with Crippen LogP contribution in [0, 0.1) is 0 Å². The van der Waals surface area contributed by atoms with Crippen molar-refractivity contribution in [1.29, 1.82) is 0 Å². The van der Waals surface area contributed by atoms with Crippen LogP contribution in [-0.2, 0) is 9.84 Å². The standard InChI is InChI=1S/C11H25NO2S/c1-5-12-11(4)8-6-7-9-15(13,14)10(2)3/h10-12H,5-9H2,1-4H3. The third-order valence-electron chi connectivity index (χ3n) is 2.59. The van der Waals surface area contributed by atoms with Crippen molar-refractivity contribution in [2.24, 2.45) is 0 Å². The molecule has 0 aliphatic carbocycles. The molecule has 15 heavy (non-hydrogen) atoms. The summed E-state index contributed by atoms with van der Waals surface area (Å²) in [5.74, 6) is 0.337. The van der Waals surface area contributed by atoms with E-state index in [-0.39, 0.29) is 5.25 Å². The summed E-state index contributed by atoms with van der Waals surface area (Å²) in [6.07, 6.45) is 2.83. The smallest absolute Gasteiger partial charge is 0.152 e. The van der Waals surface area contributed by atoms with Gasteiger partial charge in [0.15, 0.2) is 9.84 Å². The molecule has 0 aliphatic heterocycles. The van der Waals surface area contributed by atoms with Gasteiger partial charge in [-0.15, -0.1) is 0 Å². The summed E-state index contributed by atoms with van der Waals surface area (Å²) in [4.78, 5) is 0. The first-order valence-corrected chi connectivity index (χ1v) is 7.56. The van der Waals surface area contributed by atoms with E-state index in [1.54, 1.807) is 13.8 Å². The summed E-state index contributed by atoms with van der Waals surface area (Å²) < 4.78 is 23.0. The molecule has 1 atom stereocenters. The Morgan fingerprint density at radius 2 is 1.73 bits per heavy atom. The van der Waals surface area contributed by atoms with Crippen molar-refractivity contribution in [2.75, 3.05) is 12.3 Å². The van der Waals surface area contributed by atoms with Crippen molar-refractivity contribution < 1.29 is 8.42 Å². The lowest BCUT2D eigenvalue weighted by molar-refractivity contribution is 0.507. The second-order valence-electron chi connectivity index (χ2n) is 4.37. The van der Waals surface area contributed by atoms with Crippen LogP contribution in [0.25, 0.3) is 0 Å². The Labute approximate surface area is 94.6 Å². The number of hydrogen-bond acceptors (Lipinski definition) is 3. The Morgan fingerprint density at radius 1 is 1.13 bits per heavy atom. The van der Waals surface area contributed by atoms with Crippen molar-refractivity contribution >= 4 is 9.84 Å². The van der Waals surface area contributed by atoms with Gasteiger partial charge in [-0.3, -0.25) is 0 Å². The average molecular weight is 235 g/mol. The van der Waals surface area contributed by atoms with E-state index in [1.807, 2.05) is 0 Å². The summed E-state index contributed by atoms with van der Waals surface area (Å²) in [6, 6.07) is 0.497. The molecule has 0 spiro atoms. The highest BCUT2D eigenvalue weighted by atomic mass is 32.2. The van der Waals surface area contributed by atoms with Gasteiger partial charge >= 0.3 is 0 Å². The van der Waals surface area contributed by atoms with E-state index in [0.717, 1.165) is 25.8 Å². The first-order chi connectivity index (χ1) is 6.90. The summed E-state index contributed by atoms with van der Waals surface area (Å²) >= 11 is 0. The van der Waals surface area contributed by atoms with Gasteiger partial charge in [0.05, 0.1) is 11.0 Å². The third kappa shape index (κ3) is 6.90. The van der Waals surface area contributed by atoms with Crippen LogP contribution < -0.4 is 5.32 Å². The van der Waals surface area contributed by atoms with E-state index in [2.05, 4.69) is 19.2 Å². The molecule has 0 aromatic carbocycles. The van der Waals surface area contributed by atoms with E-state index in [9.17, 15) is 8.42 Å². The van der Waals surface area contributed by atoms with Crippen molar-refractivity contribution in [3.8, 4) is 0 Å². The molecule has 0 rings (SSSR count). The van der Waals surface area contributed by atoms with Gasteiger partial charge in [-0.2, -0.15) is 0 Å². The summed E-state index contributed by atoms with van der Waals surface area (Å²) in [7, 11) is -2.83. The second kappa shape index (κ2) is 7.23. The van der Waals surface area contributed by atoms with Crippen molar-refractivity contribution in [2.45, 2.75) is 58.2 Å². The molecule has 3 nitrogen and oxygen atoms in total. The maximum Gasteiger partial charge on any atom is 0.152 e. The van der Waals surface area contributed by atoms with Crippen LogP contribution in [-0.4, -0.2) is 32.0 Å². The summed E-state index contributed by atoms with van der Waals surface area (Å²) in [6.45, 7) is 8.69. The molecule has 0 aliphatic rings. The predicted molar refractivity (Wildman–Crippen MR) is 65.9 cm³/mol. The normalized spacial score (nSPS) is 14.5. The van der Waals surface area contributed by atoms with Crippen LogP contribution in [0.1, 0.15) is 47.0 Å². The molecule has 92 valence electrons. The average Bonchev–Trinajstić information content (AvgIpc) is 2.13. The largest absolute Gasteiger partial charge is 0.315 e.